The molecule has 3 heteroatoms. The molecule has 15 heavy (non-hydrogen) atoms. The number of nitrogens with one attached hydrogen (secondary N) is 1. The van der Waals surface area contributed by atoms with Gasteiger partial charge in [0.15, 0.2) is 0 Å². The van der Waals surface area contributed by atoms with Crippen LogP contribution in [0.1, 0.15) is 46.0 Å². The predicted octanol–water partition coefficient (Wildman–Crippen LogP) is 3.10. The second kappa shape index (κ2) is 6.87. The van der Waals surface area contributed by atoms with Crippen LogP contribution in [0.3, 0.4) is 0 Å². The minimum atomic E-state index is 0.113. The van der Waals surface area contributed by atoms with Crippen LogP contribution >= 0.6 is 15.9 Å². The van der Waals surface area contributed by atoms with Crippen LogP contribution < -0.4 is 5.32 Å². The summed E-state index contributed by atoms with van der Waals surface area (Å²) in [5.41, 5.74) is 0.113. The van der Waals surface area contributed by atoms with Gasteiger partial charge in [-0.3, -0.25) is 0 Å². The van der Waals surface area contributed by atoms with E-state index >= 15 is 0 Å². The van der Waals surface area contributed by atoms with Crippen LogP contribution in [0, 0.1) is 0 Å². The highest BCUT2D eigenvalue weighted by Gasteiger charge is 2.30. The summed E-state index contributed by atoms with van der Waals surface area (Å²) in [5.74, 6) is 0. The van der Waals surface area contributed by atoms with Crippen molar-refractivity contribution >= 4 is 15.9 Å². The molecule has 0 amide bonds. The van der Waals surface area contributed by atoms with Gasteiger partial charge in [-0.15, -0.1) is 0 Å². The Morgan fingerprint density at radius 1 is 1.33 bits per heavy atom. The molecule has 1 unspecified atom stereocenters. The van der Waals surface area contributed by atoms with Crippen LogP contribution in [0.15, 0.2) is 0 Å². The van der Waals surface area contributed by atoms with Crippen molar-refractivity contribution in [1.82, 2.24) is 5.32 Å². The van der Waals surface area contributed by atoms with Crippen molar-refractivity contribution in [2.45, 2.75) is 57.7 Å². The van der Waals surface area contributed by atoms with Crippen LogP contribution in [0.2, 0.25) is 0 Å². The third-order valence-electron chi connectivity index (χ3n) is 2.91. The summed E-state index contributed by atoms with van der Waals surface area (Å²) in [6.07, 6.45) is 6.73. The number of halogens is 1. The van der Waals surface area contributed by atoms with Crippen molar-refractivity contribution in [3.63, 3.8) is 0 Å². The Morgan fingerprint density at radius 3 is 2.73 bits per heavy atom. The maximum Gasteiger partial charge on any atom is 0.0707 e. The molecule has 0 spiro atoms. The van der Waals surface area contributed by atoms with E-state index in [2.05, 4.69) is 35.1 Å². The SMILES string of the molecule is CC1(C)CCC(CNCCCCCBr)O1. The molecule has 0 aromatic heterocycles. The molecule has 1 aliphatic rings. The Balaban J connectivity index is 1.93. The first-order valence-electron chi connectivity index (χ1n) is 6.08. The second-order valence-corrected chi connectivity index (χ2v) is 5.78. The highest BCUT2D eigenvalue weighted by atomic mass is 79.9. The van der Waals surface area contributed by atoms with Gasteiger partial charge in [0.1, 0.15) is 0 Å². The fourth-order valence-electron chi connectivity index (χ4n) is 2.01. The maximum absolute atomic E-state index is 5.91. The Labute approximate surface area is 102 Å². The molecule has 0 aliphatic carbocycles. The van der Waals surface area contributed by atoms with E-state index in [0.717, 1.165) is 18.4 Å². The van der Waals surface area contributed by atoms with E-state index in [1.807, 2.05) is 0 Å². The molecule has 0 aromatic carbocycles. The first-order valence-corrected chi connectivity index (χ1v) is 7.21. The van der Waals surface area contributed by atoms with Gasteiger partial charge in [-0.1, -0.05) is 22.4 Å². The summed E-state index contributed by atoms with van der Waals surface area (Å²) in [6, 6.07) is 0. The summed E-state index contributed by atoms with van der Waals surface area (Å²) in [6.45, 7) is 6.52. The lowest BCUT2D eigenvalue weighted by Crippen LogP contribution is -2.29. The number of rotatable bonds is 7. The molecule has 1 heterocycles. The third kappa shape index (κ3) is 5.88. The standard InChI is InChI=1S/C12H24BrNO/c1-12(2)7-6-11(15-12)10-14-9-5-3-4-8-13/h11,14H,3-10H2,1-2H3. The van der Waals surface area contributed by atoms with E-state index in [-0.39, 0.29) is 5.60 Å². The van der Waals surface area contributed by atoms with Gasteiger partial charge in [0.25, 0.3) is 0 Å². The smallest absolute Gasteiger partial charge is 0.0707 e. The highest BCUT2D eigenvalue weighted by Crippen LogP contribution is 2.28. The van der Waals surface area contributed by atoms with E-state index < -0.39 is 0 Å². The fourth-order valence-corrected chi connectivity index (χ4v) is 2.40. The summed E-state index contributed by atoms with van der Waals surface area (Å²) < 4.78 is 5.91. The molecule has 0 saturated carbocycles. The molecule has 0 bridgehead atoms. The molecule has 1 rings (SSSR count). The third-order valence-corrected chi connectivity index (χ3v) is 3.47. The normalized spacial score (nSPS) is 24.6. The lowest BCUT2D eigenvalue weighted by molar-refractivity contribution is -0.0141. The number of unbranched alkanes of at least 4 members (excludes halogenated alkanes) is 2. The quantitative estimate of drug-likeness (QED) is 0.570. The monoisotopic (exact) mass is 277 g/mol. The molecule has 90 valence electrons. The molecule has 0 radical (unpaired) electrons. The molecule has 2 nitrogen and oxygen atoms in total. The van der Waals surface area contributed by atoms with Crippen molar-refractivity contribution in [2.75, 3.05) is 18.4 Å². The fraction of sp³-hybridized carbons (Fsp3) is 1.00. The Hall–Kier alpha value is 0.400. The molecular weight excluding hydrogens is 254 g/mol. The average molecular weight is 278 g/mol. The van der Waals surface area contributed by atoms with E-state index in [4.69, 9.17) is 4.74 Å². The molecule has 1 N–H and O–H groups in total. The zero-order valence-corrected chi connectivity index (χ0v) is 11.6. The summed E-state index contributed by atoms with van der Waals surface area (Å²) in [5, 5.41) is 4.62. The summed E-state index contributed by atoms with van der Waals surface area (Å²) >= 11 is 3.44. The topological polar surface area (TPSA) is 21.3 Å². The highest BCUT2D eigenvalue weighted by molar-refractivity contribution is 9.09. The molecular formula is C12H24BrNO. The second-order valence-electron chi connectivity index (χ2n) is 4.99. The molecule has 1 fully saturated rings. The van der Waals surface area contributed by atoms with Gasteiger partial charge in [0.2, 0.25) is 0 Å². The van der Waals surface area contributed by atoms with Crippen molar-refractivity contribution in [1.29, 1.82) is 0 Å². The number of alkyl halides is 1. The van der Waals surface area contributed by atoms with Gasteiger partial charge in [0.05, 0.1) is 11.7 Å². The van der Waals surface area contributed by atoms with Crippen LogP contribution in [-0.2, 0) is 4.74 Å². The zero-order chi connectivity index (χ0) is 11.1. The number of hydrogen-bond acceptors (Lipinski definition) is 2. The Morgan fingerprint density at radius 2 is 2.13 bits per heavy atom. The van der Waals surface area contributed by atoms with Crippen molar-refractivity contribution < 1.29 is 4.74 Å². The minimum Gasteiger partial charge on any atom is -0.371 e. The zero-order valence-electron chi connectivity index (χ0n) is 10.0. The largest absolute Gasteiger partial charge is 0.371 e. The first-order chi connectivity index (χ1) is 7.14. The van der Waals surface area contributed by atoms with E-state index in [1.165, 1.54) is 32.1 Å². The van der Waals surface area contributed by atoms with E-state index in [9.17, 15) is 0 Å². The molecule has 0 aromatic rings. The number of hydrogen-bond donors (Lipinski definition) is 1. The summed E-state index contributed by atoms with van der Waals surface area (Å²) in [4.78, 5) is 0. The average Bonchev–Trinajstić information content (AvgIpc) is 2.52. The van der Waals surface area contributed by atoms with Gasteiger partial charge in [-0.2, -0.15) is 0 Å². The van der Waals surface area contributed by atoms with Crippen LogP contribution in [0.4, 0.5) is 0 Å². The van der Waals surface area contributed by atoms with E-state index in [1.54, 1.807) is 0 Å². The maximum atomic E-state index is 5.91. The first kappa shape index (κ1) is 13.5. The molecule has 1 atom stereocenters. The van der Waals surface area contributed by atoms with Crippen molar-refractivity contribution in [3.8, 4) is 0 Å². The van der Waals surface area contributed by atoms with Crippen molar-refractivity contribution in [3.05, 3.63) is 0 Å². The van der Waals surface area contributed by atoms with Crippen LogP contribution in [0.25, 0.3) is 0 Å². The summed E-state index contributed by atoms with van der Waals surface area (Å²) in [7, 11) is 0. The van der Waals surface area contributed by atoms with E-state index in [0.29, 0.717) is 6.10 Å². The molecule has 1 saturated heterocycles. The van der Waals surface area contributed by atoms with Gasteiger partial charge in [-0.25, -0.2) is 0 Å². The van der Waals surface area contributed by atoms with Gasteiger partial charge in [0, 0.05) is 11.9 Å². The number of ether oxygens (including phenoxy) is 1. The molecule has 1 aliphatic heterocycles. The van der Waals surface area contributed by atoms with Gasteiger partial charge >= 0.3 is 0 Å². The van der Waals surface area contributed by atoms with Crippen LogP contribution in [0.5, 0.6) is 0 Å². The van der Waals surface area contributed by atoms with Gasteiger partial charge < -0.3 is 10.1 Å². The Kier molecular flexibility index (Phi) is 6.17. The lowest BCUT2D eigenvalue weighted by atomic mass is 10.1. The minimum absolute atomic E-state index is 0.113. The predicted molar refractivity (Wildman–Crippen MR) is 68.7 cm³/mol. The van der Waals surface area contributed by atoms with Crippen molar-refractivity contribution in [2.24, 2.45) is 0 Å². The lowest BCUT2D eigenvalue weighted by Gasteiger charge is -2.19. The van der Waals surface area contributed by atoms with Crippen LogP contribution in [-0.4, -0.2) is 30.1 Å². The Bertz CT molecular complexity index is 173. The van der Waals surface area contributed by atoms with Gasteiger partial charge in [-0.05, 0) is 46.1 Å².